The normalized spacial score (nSPS) is 22.3. The number of para-hydroxylation sites is 1. The molecule has 0 bridgehead atoms. The number of nitro groups is 1. The summed E-state index contributed by atoms with van der Waals surface area (Å²) in [6.45, 7) is 0.837. The van der Waals surface area contributed by atoms with Crippen LogP contribution in [0.4, 0.5) is 5.69 Å². The molecule has 2 rings (SSSR count). The standard InChI is InChI=1S/C13H16N2O4/c1-19-13(16)7-10-8-14(9-12(10)15(17)18)11-5-3-2-4-6-11/h2-6,10,12H,7-9H2,1H3. The van der Waals surface area contributed by atoms with Gasteiger partial charge in [0.05, 0.1) is 26.0 Å². The van der Waals surface area contributed by atoms with Gasteiger partial charge in [0.2, 0.25) is 6.04 Å². The number of carbonyl (C=O) groups is 1. The van der Waals surface area contributed by atoms with Crippen LogP contribution in [0.15, 0.2) is 30.3 Å². The van der Waals surface area contributed by atoms with Gasteiger partial charge in [-0.25, -0.2) is 0 Å². The molecule has 2 atom stereocenters. The first-order chi connectivity index (χ1) is 9.11. The number of anilines is 1. The van der Waals surface area contributed by atoms with E-state index in [9.17, 15) is 14.9 Å². The Morgan fingerprint density at radius 3 is 2.68 bits per heavy atom. The number of rotatable bonds is 4. The maximum atomic E-state index is 11.3. The van der Waals surface area contributed by atoms with Gasteiger partial charge in [-0.2, -0.15) is 0 Å². The minimum Gasteiger partial charge on any atom is -0.469 e. The minimum atomic E-state index is -0.723. The van der Waals surface area contributed by atoms with Crippen molar-refractivity contribution in [2.75, 3.05) is 25.1 Å². The lowest BCUT2D eigenvalue weighted by atomic mass is 10.0. The Bertz CT molecular complexity index is 463. The van der Waals surface area contributed by atoms with Crippen LogP contribution in [-0.2, 0) is 9.53 Å². The van der Waals surface area contributed by atoms with E-state index in [2.05, 4.69) is 4.74 Å². The molecule has 0 amide bonds. The van der Waals surface area contributed by atoms with E-state index >= 15 is 0 Å². The van der Waals surface area contributed by atoms with Gasteiger partial charge in [0.25, 0.3) is 0 Å². The van der Waals surface area contributed by atoms with Gasteiger partial charge in [0.1, 0.15) is 0 Å². The topological polar surface area (TPSA) is 72.7 Å². The van der Waals surface area contributed by atoms with Crippen LogP contribution in [0.2, 0.25) is 0 Å². The zero-order valence-corrected chi connectivity index (χ0v) is 10.7. The van der Waals surface area contributed by atoms with E-state index in [0.717, 1.165) is 5.69 Å². The molecule has 1 fully saturated rings. The van der Waals surface area contributed by atoms with Gasteiger partial charge in [0.15, 0.2) is 0 Å². The zero-order chi connectivity index (χ0) is 13.8. The second-order valence-electron chi connectivity index (χ2n) is 4.63. The van der Waals surface area contributed by atoms with E-state index in [1.165, 1.54) is 7.11 Å². The van der Waals surface area contributed by atoms with Crippen molar-refractivity contribution in [3.05, 3.63) is 40.4 Å². The SMILES string of the molecule is COC(=O)CC1CN(c2ccccc2)CC1[N+](=O)[O-]. The molecule has 0 radical (unpaired) electrons. The van der Waals surface area contributed by atoms with E-state index in [1.54, 1.807) is 0 Å². The molecule has 1 heterocycles. The van der Waals surface area contributed by atoms with Gasteiger partial charge in [-0.15, -0.1) is 0 Å². The van der Waals surface area contributed by atoms with E-state index in [1.807, 2.05) is 35.2 Å². The van der Waals surface area contributed by atoms with Crippen LogP contribution in [0.5, 0.6) is 0 Å². The Morgan fingerprint density at radius 2 is 2.11 bits per heavy atom. The summed E-state index contributed by atoms with van der Waals surface area (Å²) in [5.74, 6) is -0.700. The van der Waals surface area contributed by atoms with Crippen LogP contribution in [0, 0.1) is 16.0 Å². The number of nitrogens with zero attached hydrogens (tertiary/aromatic N) is 2. The summed E-state index contributed by atoms with van der Waals surface area (Å²) in [5, 5.41) is 11.1. The lowest BCUT2D eigenvalue weighted by Gasteiger charge is -2.16. The van der Waals surface area contributed by atoms with Crippen LogP contribution in [0.3, 0.4) is 0 Å². The predicted molar refractivity (Wildman–Crippen MR) is 69.6 cm³/mol. The van der Waals surface area contributed by atoms with Crippen molar-refractivity contribution in [2.45, 2.75) is 12.5 Å². The summed E-state index contributed by atoms with van der Waals surface area (Å²) in [7, 11) is 1.30. The number of methoxy groups -OCH3 is 1. The lowest BCUT2D eigenvalue weighted by molar-refractivity contribution is -0.524. The number of carbonyl (C=O) groups excluding carboxylic acids is 1. The molecule has 1 aliphatic heterocycles. The molecule has 102 valence electrons. The molecule has 2 unspecified atom stereocenters. The summed E-state index contributed by atoms with van der Waals surface area (Å²) in [6, 6.07) is 8.79. The summed E-state index contributed by atoms with van der Waals surface area (Å²) < 4.78 is 4.60. The monoisotopic (exact) mass is 264 g/mol. The first-order valence-corrected chi connectivity index (χ1v) is 6.12. The highest BCUT2D eigenvalue weighted by Gasteiger charge is 2.42. The smallest absolute Gasteiger partial charge is 0.306 e. The van der Waals surface area contributed by atoms with E-state index in [4.69, 9.17) is 0 Å². The summed E-state index contributed by atoms with van der Waals surface area (Å²) >= 11 is 0. The molecular formula is C13H16N2O4. The van der Waals surface area contributed by atoms with Gasteiger partial charge in [0, 0.05) is 17.2 Å². The third-order valence-electron chi connectivity index (χ3n) is 3.46. The van der Waals surface area contributed by atoms with Gasteiger partial charge in [-0.3, -0.25) is 14.9 Å². The molecule has 0 aliphatic carbocycles. The van der Waals surface area contributed by atoms with Crippen LogP contribution in [-0.4, -0.2) is 37.1 Å². The highest BCUT2D eigenvalue weighted by atomic mass is 16.6. The maximum Gasteiger partial charge on any atom is 0.306 e. The molecule has 1 aromatic carbocycles. The highest BCUT2D eigenvalue weighted by Crippen LogP contribution is 2.27. The fraction of sp³-hybridized carbons (Fsp3) is 0.462. The average Bonchev–Trinajstić information content (AvgIpc) is 2.83. The molecule has 19 heavy (non-hydrogen) atoms. The van der Waals surface area contributed by atoms with Crippen molar-refractivity contribution in [2.24, 2.45) is 5.92 Å². The molecule has 0 spiro atoms. The summed E-state index contributed by atoms with van der Waals surface area (Å²) in [5.41, 5.74) is 0.946. The number of benzene rings is 1. The van der Waals surface area contributed by atoms with Crippen molar-refractivity contribution in [1.29, 1.82) is 0 Å². The molecule has 1 saturated heterocycles. The molecule has 6 nitrogen and oxygen atoms in total. The first-order valence-electron chi connectivity index (χ1n) is 6.12. The Labute approximate surface area is 111 Å². The Kier molecular flexibility index (Phi) is 3.99. The van der Waals surface area contributed by atoms with Crippen molar-refractivity contribution in [1.82, 2.24) is 0 Å². The molecule has 0 N–H and O–H groups in total. The second kappa shape index (κ2) is 5.69. The molecule has 0 saturated carbocycles. The largest absolute Gasteiger partial charge is 0.469 e. The number of ether oxygens (including phenoxy) is 1. The van der Waals surface area contributed by atoms with Crippen LogP contribution in [0.25, 0.3) is 0 Å². The van der Waals surface area contributed by atoms with Crippen LogP contribution < -0.4 is 4.90 Å². The maximum absolute atomic E-state index is 11.3. The lowest BCUT2D eigenvalue weighted by Crippen LogP contribution is -2.30. The van der Waals surface area contributed by atoms with Crippen molar-refractivity contribution < 1.29 is 14.5 Å². The van der Waals surface area contributed by atoms with Gasteiger partial charge in [-0.1, -0.05) is 18.2 Å². The van der Waals surface area contributed by atoms with Gasteiger partial charge >= 0.3 is 5.97 Å². The highest BCUT2D eigenvalue weighted by molar-refractivity contribution is 5.69. The summed E-state index contributed by atoms with van der Waals surface area (Å²) in [6.07, 6.45) is 0.0888. The quantitative estimate of drug-likeness (QED) is 0.466. The van der Waals surface area contributed by atoms with Crippen LogP contribution in [0.1, 0.15) is 6.42 Å². The molecule has 0 aromatic heterocycles. The van der Waals surface area contributed by atoms with E-state index in [0.29, 0.717) is 13.1 Å². The van der Waals surface area contributed by atoms with E-state index < -0.39 is 12.0 Å². The van der Waals surface area contributed by atoms with E-state index in [-0.39, 0.29) is 17.3 Å². The van der Waals surface area contributed by atoms with Gasteiger partial charge in [-0.05, 0) is 12.1 Å². The Morgan fingerprint density at radius 1 is 1.42 bits per heavy atom. The number of hydrogen-bond donors (Lipinski definition) is 0. The third kappa shape index (κ3) is 3.01. The van der Waals surface area contributed by atoms with Crippen molar-refractivity contribution >= 4 is 11.7 Å². The van der Waals surface area contributed by atoms with Crippen molar-refractivity contribution in [3.63, 3.8) is 0 Å². The fourth-order valence-corrected chi connectivity index (χ4v) is 2.44. The predicted octanol–water partition coefficient (Wildman–Crippen LogP) is 1.33. The average molecular weight is 264 g/mol. The summed E-state index contributed by atoms with van der Waals surface area (Å²) in [4.78, 5) is 24.1. The van der Waals surface area contributed by atoms with Crippen molar-refractivity contribution in [3.8, 4) is 0 Å². The molecule has 6 heteroatoms. The number of hydrogen-bond acceptors (Lipinski definition) is 5. The van der Waals surface area contributed by atoms with Gasteiger partial charge < -0.3 is 9.64 Å². The molecule has 1 aromatic rings. The number of esters is 1. The molecular weight excluding hydrogens is 248 g/mol. The third-order valence-corrected chi connectivity index (χ3v) is 3.46. The first kappa shape index (κ1) is 13.3. The minimum absolute atomic E-state index is 0.0888. The zero-order valence-electron chi connectivity index (χ0n) is 10.7. The Balaban J connectivity index is 2.11. The molecule has 1 aliphatic rings. The second-order valence-corrected chi connectivity index (χ2v) is 4.63. The Hall–Kier alpha value is -2.11. The van der Waals surface area contributed by atoms with Crippen LogP contribution >= 0.6 is 0 Å². The fourth-order valence-electron chi connectivity index (χ4n) is 2.44.